The van der Waals surface area contributed by atoms with Gasteiger partial charge in [-0.15, -0.1) is 0 Å². The number of hydrogen-bond acceptors (Lipinski definition) is 4. The second-order valence-corrected chi connectivity index (χ2v) is 7.86. The average Bonchev–Trinajstić information content (AvgIpc) is 3.52. The van der Waals surface area contributed by atoms with E-state index in [1.54, 1.807) is 6.26 Å². The number of carbonyl (C=O) groups is 2. The molecule has 0 aliphatic heterocycles. The van der Waals surface area contributed by atoms with Crippen LogP contribution in [0.5, 0.6) is 5.75 Å². The maximum Gasteiger partial charge on any atom is 0.304 e. The van der Waals surface area contributed by atoms with Crippen molar-refractivity contribution in [2.45, 2.75) is 38.3 Å². The summed E-state index contributed by atoms with van der Waals surface area (Å²) in [5.41, 5.74) is 2.48. The van der Waals surface area contributed by atoms with Gasteiger partial charge in [-0.05, 0) is 43.2 Å². The number of rotatable bonds is 9. The summed E-state index contributed by atoms with van der Waals surface area (Å²) in [5.74, 6) is 6.22. The lowest BCUT2D eigenvalue weighted by Gasteiger charge is -2.24. The van der Waals surface area contributed by atoms with Crippen molar-refractivity contribution in [3.8, 4) is 28.9 Å². The first-order valence-corrected chi connectivity index (χ1v) is 10.9. The number of amides is 1. The Hall–Kier alpha value is -3.98. The van der Waals surface area contributed by atoms with Crippen molar-refractivity contribution in [2.24, 2.45) is 0 Å². The number of nitrogens with zero attached hydrogens (tertiary/aromatic N) is 1. The molecule has 4 rings (SSSR count). The predicted octanol–water partition coefficient (Wildman–Crippen LogP) is 5.00. The largest absolute Gasteiger partial charge is 0.481 e. The number of aliphatic carboxylic acids is 1. The second-order valence-electron chi connectivity index (χ2n) is 7.86. The molecule has 33 heavy (non-hydrogen) atoms. The average molecular weight is 443 g/mol. The Morgan fingerprint density at radius 2 is 1.82 bits per heavy atom. The summed E-state index contributed by atoms with van der Waals surface area (Å²) < 4.78 is 11.2. The molecule has 1 aliphatic rings. The predicted molar refractivity (Wildman–Crippen MR) is 124 cm³/mol. The lowest BCUT2D eigenvalue weighted by Crippen LogP contribution is -2.32. The molecule has 0 atom stereocenters. The van der Waals surface area contributed by atoms with Crippen LogP contribution in [0.2, 0.25) is 0 Å². The zero-order chi connectivity index (χ0) is 23.0. The highest BCUT2D eigenvalue weighted by Crippen LogP contribution is 2.32. The van der Waals surface area contributed by atoms with Crippen molar-refractivity contribution < 1.29 is 23.8 Å². The molecule has 0 radical (unpaired) electrons. The quantitative estimate of drug-likeness (QED) is 0.471. The van der Waals surface area contributed by atoms with Crippen molar-refractivity contribution in [1.29, 1.82) is 0 Å². The third-order valence-electron chi connectivity index (χ3n) is 5.39. The zero-order valence-electron chi connectivity index (χ0n) is 18.2. The number of carbonyl (C=O) groups excluding carboxylic acids is 1. The summed E-state index contributed by atoms with van der Waals surface area (Å²) >= 11 is 0. The minimum absolute atomic E-state index is 0.00763. The van der Waals surface area contributed by atoms with Crippen LogP contribution in [0, 0.1) is 11.8 Å². The highest BCUT2D eigenvalue weighted by atomic mass is 16.5. The lowest BCUT2D eigenvalue weighted by molar-refractivity contribution is -0.136. The van der Waals surface area contributed by atoms with Crippen molar-refractivity contribution in [3.05, 3.63) is 78.1 Å². The van der Waals surface area contributed by atoms with E-state index in [9.17, 15) is 9.59 Å². The molecule has 1 saturated carbocycles. The van der Waals surface area contributed by atoms with Gasteiger partial charge in [0, 0.05) is 35.7 Å². The Morgan fingerprint density at radius 3 is 2.52 bits per heavy atom. The normalized spacial score (nSPS) is 12.5. The number of benzene rings is 2. The van der Waals surface area contributed by atoms with Crippen molar-refractivity contribution in [1.82, 2.24) is 4.90 Å². The van der Waals surface area contributed by atoms with Gasteiger partial charge in [0.2, 0.25) is 0 Å². The van der Waals surface area contributed by atoms with E-state index in [1.807, 2.05) is 65.6 Å². The minimum atomic E-state index is -0.865. The monoisotopic (exact) mass is 443 g/mol. The van der Waals surface area contributed by atoms with Crippen LogP contribution >= 0.6 is 0 Å². The summed E-state index contributed by atoms with van der Waals surface area (Å²) in [6.07, 6.45) is 3.93. The van der Waals surface area contributed by atoms with E-state index in [2.05, 4.69) is 11.8 Å². The molecular weight excluding hydrogens is 418 g/mol. The Kier molecular flexibility index (Phi) is 7.11. The first-order chi connectivity index (χ1) is 16.1. The van der Waals surface area contributed by atoms with Crippen LogP contribution in [-0.2, 0) is 11.3 Å². The number of carboxylic acid groups (broad SMARTS) is 1. The molecule has 2 aromatic carbocycles. The van der Waals surface area contributed by atoms with Gasteiger partial charge in [0.05, 0.1) is 12.7 Å². The molecule has 1 amide bonds. The fourth-order valence-corrected chi connectivity index (χ4v) is 3.52. The van der Waals surface area contributed by atoms with Crippen LogP contribution in [0.4, 0.5) is 0 Å². The third-order valence-corrected chi connectivity index (χ3v) is 5.39. The standard InChI is InChI=1S/C27H25NO5/c29-26(30)10-2-1-5-17-32-25-8-4-3-7-22(25)19-28(23-15-16-23)27(31)21-13-11-20(12-14-21)24-9-6-18-33-24/h3-4,6-9,11-14,18,23H,2,10,15-17,19H2,(H,29,30). The smallest absolute Gasteiger partial charge is 0.304 e. The molecule has 1 heterocycles. The Bertz CT molecular complexity index is 1150. The highest BCUT2D eigenvalue weighted by Gasteiger charge is 2.33. The van der Waals surface area contributed by atoms with Crippen LogP contribution in [0.1, 0.15) is 41.6 Å². The highest BCUT2D eigenvalue weighted by molar-refractivity contribution is 5.95. The van der Waals surface area contributed by atoms with E-state index < -0.39 is 5.97 Å². The van der Waals surface area contributed by atoms with Crippen LogP contribution in [-0.4, -0.2) is 34.5 Å². The Labute approximate surface area is 192 Å². The first kappa shape index (κ1) is 22.2. The molecule has 0 bridgehead atoms. The summed E-state index contributed by atoms with van der Waals surface area (Å²) in [6, 6.07) is 19.1. The van der Waals surface area contributed by atoms with Gasteiger partial charge in [0.1, 0.15) is 18.1 Å². The van der Waals surface area contributed by atoms with Crippen molar-refractivity contribution in [3.63, 3.8) is 0 Å². The number of ether oxygens (including phenoxy) is 1. The van der Waals surface area contributed by atoms with E-state index in [-0.39, 0.29) is 25.0 Å². The van der Waals surface area contributed by atoms with Crippen molar-refractivity contribution in [2.75, 3.05) is 6.61 Å². The summed E-state index contributed by atoms with van der Waals surface area (Å²) in [6.45, 7) is 0.619. The molecular formula is C27H25NO5. The van der Waals surface area contributed by atoms with E-state index in [0.717, 1.165) is 29.7 Å². The molecule has 1 N–H and O–H groups in total. The minimum Gasteiger partial charge on any atom is -0.481 e. The summed E-state index contributed by atoms with van der Waals surface area (Å²) in [4.78, 5) is 25.8. The molecule has 0 saturated heterocycles. The van der Waals surface area contributed by atoms with Gasteiger partial charge in [0.25, 0.3) is 5.91 Å². The number of para-hydroxylation sites is 1. The zero-order valence-corrected chi connectivity index (χ0v) is 18.2. The fourth-order valence-electron chi connectivity index (χ4n) is 3.52. The molecule has 0 unspecified atom stereocenters. The van der Waals surface area contributed by atoms with Gasteiger partial charge in [-0.2, -0.15) is 0 Å². The van der Waals surface area contributed by atoms with Gasteiger partial charge in [-0.25, -0.2) is 0 Å². The van der Waals surface area contributed by atoms with E-state index in [4.69, 9.17) is 14.3 Å². The van der Waals surface area contributed by atoms with Crippen LogP contribution in [0.15, 0.2) is 71.3 Å². The molecule has 0 spiro atoms. The Balaban J connectivity index is 1.43. The van der Waals surface area contributed by atoms with Gasteiger partial charge in [-0.1, -0.05) is 42.2 Å². The Morgan fingerprint density at radius 1 is 1.03 bits per heavy atom. The van der Waals surface area contributed by atoms with Gasteiger partial charge in [0.15, 0.2) is 0 Å². The van der Waals surface area contributed by atoms with Crippen LogP contribution in [0.25, 0.3) is 11.3 Å². The lowest BCUT2D eigenvalue weighted by atomic mass is 10.1. The summed E-state index contributed by atoms with van der Waals surface area (Å²) in [7, 11) is 0. The maximum atomic E-state index is 13.3. The third kappa shape index (κ3) is 6.05. The van der Waals surface area contributed by atoms with E-state index in [0.29, 0.717) is 24.3 Å². The van der Waals surface area contributed by atoms with Crippen molar-refractivity contribution >= 4 is 11.9 Å². The van der Waals surface area contributed by atoms with Crippen LogP contribution < -0.4 is 4.74 Å². The van der Waals surface area contributed by atoms with Gasteiger partial charge >= 0.3 is 5.97 Å². The first-order valence-electron chi connectivity index (χ1n) is 10.9. The molecule has 6 heteroatoms. The second kappa shape index (κ2) is 10.6. The molecule has 1 fully saturated rings. The molecule has 3 aromatic rings. The SMILES string of the molecule is O=C(O)CCC#CCOc1ccccc1CN(C(=O)c1ccc(-c2ccco2)cc1)C1CC1. The topological polar surface area (TPSA) is 80.0 Å². The summed E-state index contributed by atoms with van der Waals surface area (Å²) in [5, 5.41) is 8.67. The molecule has 168 valence electrons. The number of hydrogen-bond donors (Lipinski definition) is 1. The maximum absolute atomic E-state index is 13.3. The number of furan rings is 1. The molecule has 6 nitrogen and oxygen atoms in total. The van der Waals surface area contributed by atoms with E-state index >= 15 is 0 Å². The van der Waals surface area contributed by atoms with Gasteiger partial charge < -0.3 is 19.2 Å². The van der Waals surface area contributed by atoms with Gasteiger partial charge in [-0.3, -0.25) is 9.59 Å². The van der Waals surface area contributed by atoms with E-state index in [1.165, 1.54) is 0 Å². The van der Waals surface area contributed by atoms with Crippen LogP contribution in [0.3, 0.4) is 0 Å². The fraction of sp³-hybridized carbons (Fsp3) is 0.259. The number of carboxylic acids is 1. The molecule has 1 aromatic heterocycles. The molecule has 1 aliphatic carbocycles.